The van der Waals surface area contributed by atoms with Gasteiger partial charge in [0, 0.05) is 4.75 Å². The normalized spacial score (nSPS) is 13.4. The molecule has 1 aromatic carbocycles. The summed E-state index contributed by atoms with van der Waals surface area (Å²) >= 11 is 0. The molecular weight excluding hydrogens is 220 g/mol. The number of benzene rings is 1. The van der Waals surface area contributed by atoms with Crippen molar-refractivity contribution in [1.82, 2.24) is 0 Å². The maximum atomic E-state index is 6.09. The summed E-state index contributed by atoms with van der Waals surface area (Å²) in [4.78, 5) is 0. The fraction of sp³-hybridized carbons (Fsp3) is 0.538. The van der Waals surface area contributed by atoms with Crippen LogP contribution in [-0.4, -0.2) is 24.4 Å². The first-order valence-electron chi connectivity index (χ1n) is 5.33. The number of rotatable bonds is 3. The van der Waals surface area contributed by atoms with Gasteiger partial charge in [-0.25, -0.2) is 0 Å². The van der Waals surface area contributed by atoms with Crippen LogP contribution in [0.2, 0.25) is 0 Å². The Morgan fingerprint density at radius 2 is 1.38 bits per heavy atom. The molecule has 0 unspecified atom stereocenters. The average molecular weight is 242 g/mol. The smallest absolute Gasteiger partial charge is 0.135 e. The van der Waals surface area contributed by atoms with Crippen molar-refractivity contribution in [2.75, 3.05) is 19.6 Å². The van der Waals surface area contributed by atoms with Crippen LogP contribution in [0, 0.1) is 0 Å². The lowest BCUT2D eigenvalue weighted by Crippen LogP contribution is -2.27. The summed E-state index contributed by atoms with van der Waals surface area (Å²) in [7, 11) is 0.556. The van der Waals surface area contributed by atoms with Crippen LogP contribution < -0.4 is 8.92 Å². The summed E-state index contributed by atoms with van der Waals surface area (Å²) < 4.78 is 11.4. The molecule has 1 aromatic rings. The number of ether oxygens (including phenoxy) is 1. The molecule has 0 amide bonds. The highest BCUT2D eigenvalue weighted by molar-refractivity contribution is 8.30. The summed E-state index contributed by atoms with van der Waals surface area (Å²) in [5, 5.41) is 0. The summed E-state index contributed by atoms with van der Waals surface area (Å²) in [6.45, 7) is 6.64. The second kappa shape index (κ2) is 4.58. The minimum atomic E-state index is -1.11. The minimum absolute atomic E-state index is 0.174. The van der Waals surface area contributed by atoms with Crippen molar-refractivity contribution in [3.63, 3.8) is 0 Å². The topological polar surface area (TPSA) is 18.5 Å². The molecule has 0 atom stereocenters. The van der Waals surface area contributed by atoms with Crippen molar-refractivity contribution >= 4 is 10.3 Å². The van der Waals surface area contributed by atoms with Gasteiger partial charge < -0.3 is 8.92 Å². The van der Waals surface area contributed by atoms with Crippen molar-refractivity contribution in [1.29, 1.82) is 0 Å². The van der Waals surface area contributed by atoms with E-state index in [2.05, 4.69) is 33.3 Å². The van der Waals surface area contributed by atoms with Gasteiger partial charge in [0.2, 0.25) is 0 Å². The SMILES string of the molecule is COc1ccc(OS(C)(C)C(C)(C)C)cc1. The Morgan fingerprint density at radius 3 is 1.75 bits per heavy atom. The second-order valence-electron chi connectivity index (χ2n) is 5.10. The van der Waals surface area contributed by atoms with E-state index in [9.17, 15) is 0 Å². The van der Waals surface area contributed by atoms with Gasteiger partial charge in [0.25, 0.3) is 0 Å². The van der Waals surface area contributed by atoms with Crippen molar-refractivity contribution in [3.8, 4) is 11.5 Å². The third-order valence-electron chi connectivity index (χ3n) is 2.84. The molecule has 0 saturated heterocycles. The lowest BCUT2D eigenvalue weighted by Gasteiger charge is -2.43. The van der Waals surface area contributed by atoms with Gasteiger partial charge in [-0.1, -0.05) is 10.3 Å². The molecule has 92 valence electrons. The Balaban J connectivity index is 2.80. The van der Waals surface area contributed by atoms with E-state index in [0.29, 0.717) is 0 Å². The van der Waals surface area contributed by atoms with Crippen molar-refractivity contribution < 1.29 is 8.92 Å². The van der Waals surface area contributed by atoms with Gasteiger partial charge in [-0.05, 0) is 57.5 Å². The Morgan fingerprint density at radius 1 is 0.938 bits per heavy atom. The predicted molar refractivity (Wildman–Crippen MR) is 72.8 cm³/mol. The second-order valence-corrected chi connectivity index (χ2v) is 8.96. The van der Waals surface area contributed by atoms with Crippen LogP contribution in [0.25, 0.3) is 0 Å². The third kappa shape index (κ3) is 3.08. The highest BCUT2D eigenvalue weighted by atomic mass is 32.3. The fourth-order valence-electron chi connectivity index (χ4n) is 0.997. The molecule has 0 spiro atoms. The van der Waals surface area contributed by atoms with Gasteiger partial charge >= 0.3 is 0 Å². The van der Waals surface area contributed by atoms with E-state index in [4.69, 9.17) is 8.92 Å². The maximum Gasteiger partial charge on any atom is 0.135 e. The molecule has 16 heavy (non-hydrogen) atoms. The van der Waals surface area contributed by atoms with Crippen LogP contribution in [0.1, 0.15) is 20.8 Å². The van der Waals surface area contributed by atoms with Gasteiger partial charge in [-0.15, -0.1) is 0 Å². The zero-order valence-electron chi connectivity index (χ0n) is 11.0. The molecule has 2 nitrogen and oxygen atoms in total. The highest BCUT2D eigenvalue weighted by Crippen LogP contribution is 2.53. The van der Waals surface area contributed by atoms with Crippen LogP contribution >= 0.6 is 10.3 Å². The van der Waals surface area contributed by atoms with Gasteiger partial charge in [0.05, 0.1) is 7.11 Å². The van der Waals surface area contributed by atoms with Crippen molar-refractivity contribution in [2.24, 2.45) is 0 Å². The summed E-state index contributed by atoms with van der Waals surface area (Å²) in [6, 6.07) is 7.76. The fourth-order valence-corrected chi connectivity index (χ4v) is 1.84. The van der Waals surface area contributed by atoms with Crippen LogP contribution in [0.3, 0.4) is 0 Å². The lowest BCUT2D eigenvalue weighted by atomic mass is 10.3. The molecule has 1 rings (SSSR count). The van der Waals surface area contributed by atoms with E-state index < -0.39 is 10.3 Å². The van der Waals surface area contributed by atoms with E-state index in [0.717, 1.165) is 11.5 Å². The average Bonchev–Trinajstić information content (AvgIpc) is 2.16. The lowest BCUT2D eigenvalue weighted by molar-refractivity contribution is 0.414. The summed E-state index contributed by atoms with van der Waals surface area (Å²) in [6.07, 6.45) is 4.38. The molecule has 0 radical (unpaired) electrons. The molecule has 3 heteroatoms. The first-order chi connectivity index (χ1) is 7.26. The molecular formula is C13H22O2S. The first-order valence-corrected chi connectivity index (χ1v) is 7.70. The van der Waals surface area contributed by atoms with Crippen molar-refractivity contribution in [2.45, 2.75) is 25.5 Å². The Bertz CT molecular complexity index is 336. The maximum absolute atomic E-state index is 6.09. The zero-order valence-corrected chi connectivity index (χ0v) is 11.9. The number of methoxy groups -OCH3 is 1. The first kappa shape index (κ1) is 13.2. The quantitative estimate of drug-likeness (QED) is 0.801. The summed E-state index contributed by atoms with van der Waals surface area (Å²) in [5.74, 6) is 1.77. The Kier molecular flexibility index (Phi) is 3.79. The van der Waals surface area contributed by atoms with E-state index in [1.165, 1.54) is 0 Å². The molecule has 0 bridgehead atoms. The monoisotopic (exact) mass is 242 g/mol. The molecule has 0 saturated carbocycles. The number of hydrogen-bond donors (Lipinski definition) is 0. The van der Waals surface area contributed by atoms with Gasteiger partial charge in [-0.2, -0.15) is 0 Å². The van der Waals surface area contributed by atoms with E-state index in [1.807, 2.05) is 24.3 Å². The number of hydrogen-bond acceptors (Lipinski definition) is 2. The van der Waals surface area contributed by atoms with Gasteiger partial charge in [0.15, 0.2) is 0 Å². The van der Waals surface area contributed by atoms with Gasteiger partial charge in [-0.3, -0.25) is 0 Å². The van der Waals surface area contributed by atoms with E-state index in [1.54, 1.807) is 7.11 Å². The molecule has 0 fully saturated rings. The molecule has 0 aliphatic heterocycles. The van der Waals surface area contributed by atoms with Crippen LogP contribution in [0.15, 0.2) is 24.3 Å². The Hall–Kier alpha value is -0.830. The predicted octanol–water partition coefficient (Wildman–Crippen LogP) is 3.85. The highest BCUT2D eigenvalue weighted by Gasteiger charge is 2.29. The minimum Gasteiger partial charge on any atom is -0.497 e. The van der Waals surface area contributed by atoms with E-state index >= 15 is 0 Å². The molecule has 0 aliphatic rings. The van der Waals surface area contributed by atoms with Crippen molar-refractivity contribution in [3.05, 3.63) is 24.3 Å². The summed E-state index contributed by atoms with van der Waals surface area (Å²) in [5.41, 5.74) is 0. The largest absolute Gasteiger partial charge is 0.497 e. The van der Waals surface area contributed by atoms with Crippen LogP contribution in [-0.2, 0) is 0 Å². The standard InChI is InChI=1S/C13H22O2S/c1-13(2,3)16(5,6)15-12-9-7-11(14-4)8-10-12/h7-10H,1-6H3. The van der Waals surface area contributed by atoms with Gasteiger partial charge in [0.1, 0.15) is 11.5 Å². The third-order valence-corrected chi connectivity index (χ3v) is 6.40. The molecule has 0 aliphatic carbocycles. The van der Waals surface area contributed by atoms with E-state index in [-0.39, 0.29) is 4.75 Å². The molecule has 0 N–H and O–H groups in total. The van der Waals surface area contributed by atoms with Crippen LogP contribution in [0.4, 0.5) is 0 Å². The molecule has 0 heterocycles. The zero-order chi connectivity index (χ0) is 12.4. The Labute approximate surface area is 100 Å². The van der Waals surface area contributed by atoms with Crippen LogP contribution in [0.5, 0.6) is 11.5 Å². The molecule has 0 aromatic heterocycles.